The quantitative estimate of drug-likeness (QED) is 0.715. The van der Waals surface area contributed by atoms with Gasteiger partial charge in [-0.15, -0.1) is 0 Å². The van der Waals surface area contributed by atoms with E-state index in [1.807, 2.05) is 13.2 Å². The van der Waals surface area contributed by atoms with Crippen LogP contribution in [0.1, 0.15) is 30.9 Å². The van der Waals surface area contributed by atoms with E-state index in [-0.39, 0.29) is 11.1 Å². The summed E-state index contributed by atoms with van der Waals surface area (Å²) in [4.78, 5) is 4.16. The molecule has 0 aromatic carbocycles. The fourth-order valence-corrected chi connectivity index (χ4v) is 4.96. The third-order valence-electron chi connectivity index (χ3n) is 4.38. The highest BCUT2D eigenvalue weighted by atomic mass is 32.2. The molecule has 4 heterocycles. The minimum atomic E-state index is -3.70. The van der Waals surface area contributed by atoms with E-state index < -0.39 is 10.0 Å². The number of rotatable bonds is 3. The lowest BCUT2D eigenvalue weighted by Gasteiger charge is -2.33. The number of nitrogens with zero attached hydrogens (tertiary/aromatic N) is 6. The van der Waals surface area contributed by atoms with E-state index in [2.05, 4.69) is 15.2 Å². The summed E-state index contributed by atoms with van der Waals surface area (Å²) in [5.74, 6) is 0. The molecule has 24 heavy (non-hydrogen) atoms. The second kappa shape index (κ2) is 5.67. The molecule has 0 radical (unpaired) electrons. The van der Waals surface area contributed by atoms with Crippen LogP contribution in [-0.4, -0.2) is 43.6 Å². The summed E-state index contributed by atoms with van der Waals surface area (Å²) in [5, 5.41) is 8.43. The normalized spacial score (nSPS) is 19.8. The Bertz CT molecular complexity index is 977. The van der Waals surface area contributed by atoms with Crippen LogP contribution in [0.3, 0.4) is 0 Å². The summed E-state index contributed by atoms with van der Waals surface area (Å²) in [6, 6.07) is 3.27. The van der Waals surface area contributed by atoms with Gasteiger partial charge in [-0.1, -0.05) is 6.42 Å². The molecule has 3 aromatic heterocycles. The number of hydrogen-bond donors (Lipinski definition) is 0. The predicted molar refractivity (Wildman–Crippen MR) is 86.7 cm³/mol. The first-order valence-electron chi connectivity index (χ1n) is 7.86. The summed E-state index contributed by atoms with van der Waals surface area (Å²) in [6.07, 6.45) is 9.19. The Morgan fingerprint density at radius 1 is 1.21 bits per heavy atom. The molecule has 0 aliphatic carbocycles. The van der Waals surface area contributed by atoms with Gasteiger partial charge < -0.3 is 0 Å². The Kier molecular flexibility index (Phi) is 3.61. The number of sulfonamides is 1. The van der Waals surface area contributed by atoms with E-state index >= 15 is 0 Å². The monoisotopic (exact) mass is 346 g/mol. The van der Waals surface area contributed by atoms with E-state index in [1.165, 1.54) is 10.7 Å². The molecule has 3 aromatic rings. The van der Waals surface area contributed by atoms with Gasteiger partial charge >= 0.3 is 0 Å². The molecule has 1 atom stereocenters. The zero-order valence-electron chi connectivity index (χ0n) is 13.3. The zero-order chi connectivity index (χ0) is 16.7. The zero-order valence-corrected chi connectivity index (χ0v) is 14.1. The molecule has 1 unspecified atom stereocenters. The summed E-state index contributed by atoms with van der Waals surface area (Å²) >= 11 is 0. The Hall–Kier alpha value is -2.26. The third kappa shape index (κ3) is 2.40. The molecule has 0 spiro atoms. The molecule has 1 saturated heterocycles. The third-order valence-corrected chi connectivity index (χ3v) is 6.24. The van der Waals surface area contributed by atoms with Crippen molar-refractivity contribution in [2.45, 2.75) is 30.3 Å². The highest BCUT2D eigenvalue weighted by Gasteiger charge is 2.37. The molecular weight excluding hydrogens is 328 g/mol. The first-order chi connectivity index (χ1) is 11.6. The van der Waals surface area contributed by atoms with Gasteiger partial charge in [-0.3, -0.25) is 4.68 Å². The first-order valence-corrected chi connectivity index (χ1v) is 9.30. The van der Waals surface area contributed by atoms with Crippen LogP contribution < -0.4 is 0 Å². The van der Waals surface area contributed by atoms with Crippen LogP contribution in [0.5, 0.6) is 0 Å². The van der Waals surface area contributed by atoms with Crippen molar-refractivity contribution < 1.29 is 8.42 Å². The summed E-state index contributed by atoms with van der Waals surface area (Å²) in [7, 11) is -1.87. The number of fused-ring (bicyclic) bond motifs is 1. The summed E-state index contributed by atoms with van der Waals surface area (Å²) in [5.41, 5.74) is 1.44. The predicted octanol–water partition coefficient (Wildman–Crippen LogP) is 1.38. The van der Waals surface area contributed by atoms with Gasteiger partial charge in [0.2, 0.25) is 0 Å². The van der Waals surface area contributed by atoms with E-state index in [0.29, 0.717) is 12.2 Å². The number of aryl methyl sites for hydroxylation is 1. The van der Waals surface area contributed by atoms with Gasteiger partial charge in [0.05, 0.1) is 18.4 Å². The van der Waals surface area contributed by atoms with Gasteiger partial charge in [-0.2, -0.15) is 14.5 Å². The molecule has 0 bridgehead atoms. The summed E-state index contributed by atoms with van der Waals surface area (Å²) in [6.45, 7) is 0.488. The standard InChI is InChI=1S/C15H18N6O2S/c1-19-11-12(9-18-19)13-5-2-3-8-20(13)24(22,23)15-10-16-14-6-4-7-17-21(14)15/h4,6-7,9-11,13H,2-3,5,8H2,1H3. The maximum Gasteiger partial charge on any atom is 0.262 e. The highest BCUT2D eigenvalue weighted by molar-refractivity contribution is 7.89. The second-order valence-corrected chi connectivity index (χ2v) is 7.80. The fourth-order valence-electron chi connectivity index (χ4n) is 3.24. The van der Waals surface area contributed by atoms with Crippen molar-refractivity contribution in [2.75, 3.05) is 6.54 Å². The number of hydrogen-bond acceptors (Lipinski definition) is 5. The van der Waals surface area contributed by atoms with Crippen LogP contribution >= 0.6 is 0 Å². The van der Waals surface area contributed by atoms with E-state index in [1.54, 1.807) is 33.5 Å². The van der Waals surface area contributed by atoms with Crippen LogP contribution in [0, 0.1) is 0 Å². The van der Waals surface area contributed by atoms with Crippen LogP contribution in [0.25, 0.3) is 5.65 Å². The number of aromatic nitrogens is 5. The minimum absolute atomic E-state index is 0.105. The highest BCUT2D eigenvalue weighted by Crippen LogP contribution is 2.35. The lowest BCUT2D eigenvalue weighted by atomic mass is 10.0. The van der Waals surface area contributed by atoms with Gasteiger partial charge in [0.15, 0.2) is 10.7 Å². The molecule has 1 aliphatic heterocycles. The van der Waals surface area contributed by atoms with Crippen molar-refractivity contribution in [3.05, 3.63) is 42.5 Å². The maximum absolute atomic E-state index is 13.3. The van der Waals surface area contributed by atoms with E-state index in [0.717, 1.165) is 24.8 Å². The van der Waals surface area contributed by atoms with Crippen LogP contribution in [0.2, 0.25) is 0 Å². The van der Waals surface area contributed by atoms with Gasteiger partial charge in [-0.25, -0.2) is 17.9 Å². The molecule has 126 valence electrons. The van der Waals surface area contributed by atoms with Crippen LogP contribution in [-0.2, 0) is 17.1 Å². The molecule has 0 saturated carbocycles. The first kappa shape index (κ1) is 15.3. The van der Waals surface area contributed by atoms with Gasteiger partial charge in [0.1, 0.15) is 0 Å². The average molecular weight is 346 g/mol. The Morgan fingerprint density at radius 2 is 2.08 bits per heavy atom. The molecule has 0 N–H and O–H groups in total. The Balaban J connectivity index is 1.79. The van der Waals surface area contributed by atoms with Crippen LogP contribution in [0.15, 0.2) is 41.9 Å². The summed E-state index contributed by atoms with van der Waals surface area (Å²) < 4.78 is 31.1. The molecule has 8 nitrogen and oxygen atoms in total. The molecule has 0 amide bonds. The number of piperidine rings is 1. The SMILES string of the molecule is Cn1cc(C2CCCCN2S(=O)(=O)c2cnc3cccnn23)cn1. The second-order valence-electron chi connectivity index (χ2n) is 5.96. The van der Waals surface area contributed by atoms with E-state index in [9.17, 15) is 8.42 Å². The van der Waals surface area contributed by atoms with Crippen molar-refractivity contribution in [3.63, 3.8) is 0 Å². The topological polar surface area (TPSA) is 85.4 Å². The van der Waals surface area contributed by atoms with Gasteiger partial charge in [0.25, 0.3) is 10.0 Å². The van der Waals surface area contributed by atoms with E-state index in [4.69, 9.17) is 0 Å². The van der Waals surface area contributed by atoms with Crippen molar-refractivity contribution >= 4 is 15.7 Å². The molecule has 9 heteroatoms. The Labute approximate surface area is 139 Å². The minimum Gasteiger partial charge on any atom is -0.275 e. The molecule has 1 fully saturated rings. The largest absolute Gasteiger partial charge is 0.275 e. The maximum atomic E-state index is 13.3. The van der Waals surface area contributed by atoms with Crippen molar-refractivity contribution in [2.24, 2.45) is 7.05 Å². The molecule has 1 aliphatic rings. The molecule has 4 rings (SSSR count). The van der Waals surface area contributed by atoms with Gasteiger partial charge in [0, 0.05) is 31.5 Å². The van der Waals surface area contributed by atoms with Crippen molar-refractivity contribution in [1.82, 2.24) is 28.7 Å². The Morgan fingerprint density at radius 3 is 2.88 bits per heavy atom. The van der Waals surface area contributed by atoms with Crippen LogP contribution in [0.4, 0.5) is 0 Å². The lowest BCUT2D eigenvalue weighted by Crippen LogP contribution is -2.39. The lowest BCUT2D eigenvalue weighted by molar-refractivity contribution is 0.255. The molecular formula is C15H18N6O2S. The van der Waals surface area contributed by atoms with Gasteiger partial charge in [-0.05, 0) is 25.0 Å². The fraction of sp³-hybridized carbons (Fsp3) is 0.400. The van der Waals surface area contributed by atoms with Crippen molar-refractivity contribution in [1.29, 1.82) is 0 Å². The smallest absolute Gasteiger partial charge is 0.262 e. The van der Waals surface area contributed by atoms with Crippen molar-refractivity contribution in [3.8, 4) is 0 Å². The number of imidazole rings is 1. The average Bonchev–Trinajstić information content (AvgIpc) is 3.21.